The summed E-state index contributed by atoms with van der Waals surface area (Å²) < 4.78 is 10.8. The summed E-state index contributed by atoms with van der Waals surface area (Å²) in [4.78, 5) is 26.2. The first-order chi connectivity index (χ1) is 16.0. The molecular formula is C26H23NO5S. The zero-order valence-electron chi connectivity index (χ0n) is 18.3. The Bertz CT molecular complexity index is 1250. The van der Waals surface area contributed by atoms with Crippen LogP contribution in [-0.2, 0) is 17.8 Å². The number of nitrogens with one attached hydrogen (secondary N) is 1. The molecule has 4 rings (SSSR count). The number of carboxylic acids is 1. The Balaban J connectivity index is 1.62. The number of amides is 1. The van der Waals surface area contributed by atoms with E-state index < -0.39 is 5.97 Å². The lowest BCUT2D eigenvalue weighted by Gasteiger charge is -2.17. The number of aromatic carboxylic acids is 1. The molecule has 0 aliphatic carbocycles. The predicted molar refractivity (Wildman–Crippen MR) is 126 cm³/mol. The second-order valence-corrected chi connectivity index (χ2v) is 8.72. The van der Waals surface area contributed by atoms with Crippen LogP contribution in [0.5, 0.6) is 5.75 Å². The Morgan fingerprint density at radius 1 is 1.18 bits per heavy atom. The van der Waals surface area contributed by atoms with Crippen LogP contribution in [0, 0.1) is 11.8 Å². The number of carboxylic acid groups (broad SMARTS) is 1. The molecule has 3 aromatic rings. The average molecular weight is 462 g/mol. The van der Waals surface area contributed by atoms with Crippen LogP contribution in [0.3, 0.4) is 0 Å². The molecule has 2 N–H and O–H groups in total. The lowest BCUT2D eigenvalue weighted by Crippen LogP contribution is -2.28. The molecule has 0 unspecified atom stereocenters. The largest absolute Gasteiger partial charge is 0.497 e. The van der Waals surface area contributed by atoms with Gasteiger partial charge in [0.05, 0.1) is 42.4 Å². The first-order valence-corrected chi connectivity index (χ1v) is 11.3. The van der Waals surface area contributed by atoms with Crippen LogP contribution < -0.4 is 10.1 Å². The van der Waals surface area contributed by atoms with Crippen molar-refractivity contribution in [3.63, 3.8) is 0 Å². The minimum absolute atomic E-state index is 0.195. The molecule has 1 aromatic heterocycles. The van der Waals surface area contributed by atoms with Gasteiger partial charge in [0, 0.05) is 10.4 Å². The third kappa shape index (κ3) is 5.08. The first-order valence-electron chi connectivity index (χ1n) is 10.5. The number of hydrogen-bond donors (Lipinski definition) is 2. The van der Waals surface area contributed by atoms with E-state index in [0.29, 0.717) is 30.1 Å². The van der Waals surface area contributed by atoms with Crippen LogP contribution in [-0.4, -0.2) is 30.7 Å². The Morgan fingerprint density at radius 3 is 2.70 bits per heavy atom. The fourth-order valence-corrected chi connectivity index (χ4v) is 4.79. The maximum absolute atomic E-state index is 13.3. The maximum atomic E-state index is 13.3. The van der Waals surface area contributed by atoms with Gasteiger partial charge < -0.3 is 19.9 Å². The van der Waals surface area contributed by atoms with Crippen LogP contribution in [0.15, 0.2) is 48.5 Å². The minimum atomic E-state index is -0.982. The molecule has 0 radical (unpaired) electrons. The Labute approximate surface area is 196 Å². The van der Waals surface area contributed by atoms with Gasteiger partial charge in [0.25, 0.3) is 5.91 Å². The van der Waals surface area contributed by atoms with E-state index in [4.69, 9.17) is 14.6 Å². The van der Waals surface area contributed by atoms with E-state index in [-0.39, 0.29) is 17.5 Å². The zero-order chi connectivity index (χ0) is 23.4. The quantitative estimate of drug-likeness (QED) is 0.550. The lowest BCUT2D eigenvalue weighted by molar-refractivity contribution is 0.0696. The number of thiophene rings is 1. The van der Waals surface area contributed by atoms with E-state index in [1.165, 1.54) is 23.5 Å². The standard InChI is InChI=1S/C26H23NO5S/c1-16(18-7-9-19(10-8-18)26(29)30)27-25(28)24-21-12-13-32-15-23(21)33-22(24)11-6-17-4-3-5-20(14-17)31-2/h3-5,7-10,14,16H,12-13,15H2,1-2H3,(H,27,28)(H,29,30)/t16-/m0/s1. The van der Waals surface area contributed by atoms with Crippen molar-refractivity contribution in [3.05, 3.63) is 86.1 Å². The van der Waals surface area contributed by atoms with Crippen LogP contribution in [0.1, 0.15) is 60.1 Å². The summed E-state index contributed by atoms with van der Waals surface area (Å²) in [5.74, 6) is 5.88. The van der Waals surface area contributed by atoms with Crippen LogP contribution in [0.4, 0.5) is 0 Å². The molecule has 1 amide bonds. The number of carbonyl (C=O) groups excluding carboxylic acids is 1. The van der Waals surface area contributed by atoms with Gasteiger partial charge in [-0.05, 0) is 60.7 Å². The summed E-state index contributed by atoms with van der Waals surface area (Å²) in [5.41, 5.74) is 3.43. The molecule has 0 saturated carbocycles. The highest BCUT2D eigenvalue weighted by molar-refractivity contribution is 7.13. The summed E-state index contributed by atoms with van der Waals surface area (Å²) in [6.45, 7) is 2.92. The number of rotatable bonds is 5. The minimum Gasteiger partial charge on any atom is -0.497 e. The number of hydrogen-bond acceptors (Lipinski definition) is 5. The monoisotopic (exact) mass is 461 g/mol. The highest BCUT2D eigenvalue weighted by Gasteiger charge is 2.26. The normalized spacial score (nSPS) is 13.3. The third-order valence-electron chi connectivity index (χ3n) is 5.44. The second-order valence-electron chi connectivity index (χ2n) is 7.61. The topological polar surface area (TPSA) is 84.9 Å². The molecule has 2 aromatic carbocycles. The van der Waals surface area contributed by atoms with Crippen molar-refractivity contribution in [2.75, 3.05) is 13.7 Å². The summed E-state index contributed by atoms with van der Waals surface area (Å²) in [6.07, 6.45) is 0.664. The fraction of sp³-hybridized carbons (Fsp3) is 0.231. The number of carbonyl (C=O) groups is 2. The van der Waals surface area contributed by atoms with Gasteiger partial charge in [-0.2, -0.15) is 0 Å². The van der Waals surface area contributed by atoms with Crippen molar-refractivity contribution in [3.8, 4) is 17.6 Å². The van der Waals surface area contributed by atoms with E-state index in [0.717, 1.165) is 27.3 Å². The fourth-order valence-electron chi connectivity index (χ4n) is 3.66. The van der Waals surface area contributed by atoms with E-state index >= 15 is 0 Å². The highest BCUT2D eigenvalue weighted by Crippen LogP contribution is 2.32. The van der Waals surface area contributed by atoms with Crippen molar-refractivity contribution in [2.24, 2.45) is 0 Å². The van der Waals surface area contributed by atoms with Gasteiger partial charge in [-0.3, -0.25) is 4.79 Å². The van der Waals surface area contributed by atoms with Gasteiger partial charge in [-0.1, -0.05) is 24.1 Å². The molecule has 1 aliphatic heterocycles. The summed E-state index contributed by atoms with van der Waals surface area (Å²) in [7, 11) is 1.61. The molecule has 6 nitrogen and oxygen atoms in total. The summed E-state index contributed by atoms with van der Waals surface area (Å²) in [6, 6.07) is 13.7. The number of fused-ring (bicyclic) bond motifs is 1. The SMILES string of the molecule is COc1cccc(C#Cc2sc3c(c2C(=O)N[C@@H](C)c2ccc(C(=O)O)cc2)CCOC3)c1. The summed E-state index contributed by atoms with van der Waals surface area (Å²) in [5, 5.41) is 12.1. The van der Waals surface area contributed by atoms with E-state index in [1.807, 2.05) is 31.2 Å². The van der Waals surface area contributed by atoms with Gasteiger partial charge in [0.2, 0.25) is 0 Å². The Morgan fingerprint density at radius 2 is 1.97 bits per heavy atom. The molecule has 2 heterocycles. The van der Waals surface area contributed by atoms with E-state index in [9.17, 15) is 9.59 Å². The van der Waals surface area contributed by atoms with Crippen molar-refractivity contribution in [2.45, 2.75) is 26.0 Å². The molecule has 33 heavy (non-hydrogen) atoms. The van der Waals surface area contributed by atoms with Crippen molar-refractivity contribution >= 4 is 23.2 Å². The summed E-state index contributed by atoms with van der Waals surface area (Å²) >= 11 is 1.49. The van der Waals surface area contributed by atoms with Gasteiger partial charge in [0.1, 0.15) is 5.75 Å². The number of ether oxygens (including phenoxy) is 2. The van der Waals surface area contributed by atoms with Crippen molar-refractivity contribution in [1.82, 2.24) is 5.32 Å². The van der Waals surface area contributed by atoms with E-state index in [1.54, 1.807) is 19.2 Å². The van der Waals surface area contributed by atoms with Gasteiger partial charge in [-0.25, -0.2) is 4.79 Å². The zero-order valence-corrected chi connectivity index (χ0v) is 19.1. The first kappa shape index (κ1) is 22.6. The molecule has 0 bridgehead atoms. The van der Waals surface area contributed by atoms with E-state index in [2.05, 4.69) is 17.2 Å². The third-order valence-corrected chi connectivity index (χ3v) is 6.56. The molecule has 1 aliphatic rings. The molecule has 0 spiro atoms. The van der Waals surface area contributed by atoms with Crippen molar-refractivity contribution < 1.29 is 24.2 Å². The average Bonchev–Trinajstić information content (AvgIpc) is 3.21. The Hall–Kier alpha value is -3.60. The Kier molecular flexibility index (Phi) is 6.78. The molecule has 0 fully saturated rings. The van der Waals surface area contributed by atoms with Crippen LogP contribution in [0.25, 0.3) is 0 Å². The number of methoxy groups -OCH3 is 1. The molecule has 7 heteroatoms. The molecule has 1 atom stereocenters. The van der Waals surface area contributed by atoms with Crippen LogP contribution >= 0.6 is 11.3 Å². The second kappa shape index (κ2) is 9.90. The van der Waals surface area contributed by atoms with Gasteiger partial charge in [0.15, 0.2) is 0 Å². The van der Waals surface area contributed by atoms with Gasteiger partial charge in [-0.15, -0.1) is 11.3 Å². The smallest absolute Gasteiger partial charge is 0.335 e. The van der Waals surface area contributed by atoms with Crippen LogP contribution in [0.2, 0.25) is 0 Å². The highest BCUT2D eigenvalue weighted by atomic mass is 32.1. The lowest BCUT2D eigenvalue weighted by atomic mass is 10.0. The molecule has 168 valence electrons. The maximum Gasteiger partial charge on any atom is 0.335 e. The molecular weight excluding hydrogens is 438 g/mol. The number of benzene rings is 2. The predicted octanol–water partition coefficient (Wildman–Crippen LogP) is 4.42. The van der Waals surface area contributed by atoms with Gasteiger partial charge >= 0.3 is 5.97 Å². The molecule has 0 saturated heterocycles. The van der Waals surface area contributed by atoms with Crippen molar-refractivity contribution in [1.29, 1.82) is 0 Å².